The summed E-state index contributed by atoms with van der Waals surface area (Å²) in [6.45, 7) is 0. The highest BCUT2D eigenvalue weighted by atomic mass is 32.2. The van der Waals surface area contributed by atoms with Gasteiger partial charge in [-0.05, 0) is 6.07 Å². The van der Waals surface area contributed by atoms with Crippen molar-refractivity contribution in [1.82, 2.24) is 0 Å². The minimum atomic E-state index is -4.26. The summed E-state index contributed by atoms with van der Waals surface area (Å²) in [6, 6.07) is 1.25. The highest BCUT2D eigenvalue weighted by Gasteiger charge is 2.26. The van der Waals surface area contributed by atoms with Crippen LogP contribution in [0.1, 0.15) is 10.4 Å². The van der Waals surface area contributed by atoms with Gasteiger partial charge in [0, 0.05) is 6.07 Å². The molecule has 0 radical (unpaired) electrons. The lowest BCUT2D eigenvalue weighted by Crippen LogP contribution is -2.14. The van der Waals surface area contributed by atoms with Crippen molar-refractivity contribution in [3.05, 3.63) is 27.8 Å². The van der Waals surface area contributed by atoms with Crippen LogP contribution in [0, 0.1) is 10.1 Å². The fourth-order valence-corrected chi connectivity index (χ4v) is 1.72. The number of ether oxygens (including phenoxy) is 1. The Bertz CT molecular complexity index is 623. The Kier molecular flexibility index (Phi) is 3.53. The molecule has 0 unspecified atom stereocenters. The Morgan fingerprint density at radius 2 is 2.06 bits per heavy atom. The lowest BCUT2D eigenvalue weighted by Gasteiger charge is -2.05. The van der Waals surface area contributed by atoms with E-state index in [-0.39, 0.29) is 0 Å². The van der Waals surface area contributed by atoms with Crippen LogP contribution in [0.3, 0.4) is 0 Å². The van der Waals surface area contributed by atoms with Gasteiger partial charge in [-0.3, -0.25) is 10.1 Å². The molecule has 0 atom stereocenters. The predicted molar refractivity (Wildman–Crippen MR) is 57.5 cm³/mol. The van der Waals surface area contributed by atoms with Crippen molar-refractivity contribution >= 4 is 21.7 Å². The maximum absolute atomic E-state index is 11.2. The number of nitro groups is 1. The maximum Gasteiger partial charge on any atom is 0.341 e. The number of hydrogen-bond donors (Lipinski definition) is 2. The first kappa shape index (κ1) is 13.9. The summed E-state index contributed by atoms with van der Waals surface area (Å²) in [5.74, 6) is -2.11. The highest BCUT2D eigenvalue weighted by Crippen LogP contribution is 2.32. The van der Waals surface area contributed by atoms with E-state index in [9.17, 15) is 28.4 Å². The van der Waals surface area contributed by atoms with Gasteiger partial charge in [-0.15, -0.1) is 0 Å². The van der Waals surface area contributed by atoms with Gasteiger partial charge < -0.3 is 9.84 Å². The van der Waals surface area contributed by atoms with Crippen LogP contribution in [0.4, 0.5) is 5.69 Å². The van der Waals surface area contributed by atoms with Crippen molar-refractivity contribution in [2.45, 2.75) is 4.90 Å². The van der Waals surface area contributed by atoms with Crippen molar-refractivity contribution in [2.75, 3.05) is 7.11 Å². The minimum Gasteiger partial charge on any atom is -0.501 e. The lowest BCUT2D eigenvalue weighted by atomic mass is 10.1. The molecule has 9 nitrogen and oxygen atoms in total. The molecule has 0 amide bonds. The van der Waals surface area contributed by atoms with E-state index in [1.165, 1.54) is 0 Å². The fraction of sp³-hybridized carbons (Fsp3) is 0.125. The van der Waals surface area contributed by atoms with Gasteiger partial charge in [-0.2, -0.15) is 0 Å². The largest absolute Gasteiger partial charge is 0.501 e. The Balaban J connectivity index is 3.68. The summed E-state index contributed by atoms with van der Waals surface area (Å²) in [6.07, 6.45) is 0. The number of rotatable bonds is 3. The number of carbonyl (C=O) groups is 1. The molecular weight excluding hydrogens is 268 g/mol. The van der Waals surface area contributed by atoms with Gasteiger partial charge in [0.05, 0.1) is 16.9 Å². The minimum absolute atomic E-state index is 0.553. The Morgan fingerprint density at radius 3 is 2.44 bits per heavy atom. The number of sulfonamides is 1. The number of carbonyl (C=O) groups excluding carboxylic acids is 1. The van der Waals surface area contributed by atoms with Crippen LogP contribution in [-0.4, -0.2) is 31.5 Å². The van der Waals surface area contributed by atoms with Gasteiger partial charge in [0.25, 0.3) is 0 Å². The Morgan fingerprint density at radius 1 is 1.50 bits per heavy atom. The van der Waals surface area contributed by atoms with Gasteiger partial charge in [0.2, 0.25) is 15.8 Å². The monoisotopic (exact) mass is 276 g/mol. The lowest BCUT2D eigenvalue weighted by molar-refractivity contribution is -0.386. The zero-order valence-electron chi connectivity index (χ0n) is 8.98. The summed E-state index contributed by atoms with van der Waals surface area (Å²) in [4.78, 5) is 20.2. The number of primary sulfonamides is 1. The summed E-state index contributed by atoms with van der Waals surface area (Å²) in [5.41, 5.74) is -1.61. The Labute approximate surface area is 101 Å². The van der Waals surface area contributed by atoms with Crippen molar-refractivity contribution in [1.29, 1.82) is 0 Å². The van der Waals surface area contributed by atoms with Crippen LogP contribution in [-0.2, 0) is 14.8 Å². The fourth-order valence-electron chi connectivity index (χ4n) is 1.16. The van der Waals surface area contributed by atoms with Crippen molar-refractivity contribution < 1.29 is 28.0 Å². The number of esters is 1. The van der Waals surface area contributed by atoms with E-state index in [1.807, 2.05) is 0 Å². The molecule has 1 rings (SSSR count). The Hall–Kier alpha value is -2.20. The summed E-state index contributed by atoms with van der Waals surface area (Å²) < 4.78 is 26.5. The van der Waals surface area contributed by atoms with E-state index < -0.39 is 42.8 Å². The van der Waals surface area contributed by atoms with Crippen molar-refractivity contribution in [3.63, 3.8) is 0 Å². The smallest absolute Gasteiger partial charge is 0.341 e. The molecule has 0 spiro atoms. The second-order valence-electron chi connectivity index (χ2n) is 3.13. The molecule has 0 bridgehead atoms. The number of nitrogens with two attached hydrogens (primary N) is 1. The van der Waals surface area contributed by atoms with Crippen LogP contribution in [0.5, 0.6) is 5.75 Å². The first-order valence-electron chi connectivity index (χ1n) is 4.31. The number of benzene rings is 1. The molecular formula is C8H8N2O7S. The number of hydrogen-bond acceptors (Lipinski definition) is 7. The van der Waals surface area contributed by atoms with Crippen molar-refractivity contribution in [2.24, 2.45) is 5.14 Å². The first-order valence-corrected chi connectivity index (χ1v) is 5.85. The van der Waals surface area contributed by atoms with Gasteiger partial charge in [0.1, 0.15) is 5.56 Å². The number of phenols is 1. The van der Waals surface area contributed by atoms with Gasteiger partial charge >= 0.3 is 11.7 Å². The van der Waals surface area contributed by atoms with E-state index in [0.29, 0.717) is 12.1 Å². The number of phenolic OH excluding ortho intramolecular Hbond substituents is 1. The average Bonchev–Trinajstić information content (AvgIpc) is 2.26. The second-order valence-corrected chi connectivity index (χ2v) is 4.69. The van der Waals surface area contributed by atoms with Crippen molar-refractivity contribution in [3.8, 4) is 5.75 Å². The molecule has 0 aliphatic heterocycles. The van der Waals surface area contributed by atoms with Crippen LogP contribution in [0.2, 0.25) is 0 Å². The normalized spacial score (nSPS) is 11.0. The molecule has 0 aliphatic carbocycles. The molecule has 10 heteroatoms. The molecule has 1 aromatic rings. The van der Waals surface area contributed by atoms with E-state index in [4.69, 9.17) is 5.14 Å². The van der Waals surface area contributed by atoms with E-state index >= 15 is 0 Å². The molecule has 0 aliphatic rings. The van der Waals surface area contributed by atoms with Crippen LogP contribution in [0.25, 0.3) is 0 Å². The number of nitrogens with zero attached hydrogens (tertiary/aromatic N) is 1. The third kappa shape index (κ3) is 2.55. The molecule has 18 heavy (non-hydrogen) atoms. The van der Waals surface area contributed by atoms with Crippen LogP contribution < -0.4 is 5.14 Å². The molecule has 98 valence electrons. The molecule has 0 heterocycles. The van der Waals surface area contributed by atoms with Gasteiger partial charge in [-0.25, -0.2) is 18.4 Å². The molecule has 0 saturated carbocycles. The molecule has 3 N–H and O–H groups in total. The molecule has 0 aromatic heterocycles. The SMILES string of the molecule is COC(=O)c1cc(S(N)(=O)=O)cc([N+](=O)[O-])c1O. The zero-order chi connectivity index (χ0) is 14.1. The van der Waals surface area contributed by atoms with Crippen LogP contribution in [0.15, 0.2) is 17.0 Å². The summed E-state index contributed by atoms with van der Waals surface area (Å²) in [5, 5.41) is 24.9. The van der Waals surface area contributed by atoms with Gasteiger partial charge in [-0.1, -0.05) is 0 Å². The maximum atomic E-state index is 11.2. The standard InChI is InChI=1S/C8H8N2O7S/c1-17-8(12)5-2-4(18(9,15)16)3-6(7(5)11)10(13)14/h2-3,11H,1H3,(H2,9,15,16). The molecule has 0 fully saturated rings. The third-order valence-electron chi connectivity index (χ3n) is 1.99. The topological polar surface area (TPSA) is 150 Å². The summed E-state index contributed by atoms with van der Waals surface area (Å²) in [7, 11) is -3.29. The van der Waals surface area contributed by atoms with E-state index in [2.05, 4.69) is 4.74 Å². The zero-order valence-corrected chi connectivity index (χ0v) is 9.80. The molecule has 1 aromatic carbocycles. The number of nitro benzene ring substituents is 1. The average molecular weight is 276 g/mol. The molecule has 0 saturated heterocycles. The first-order chi connectivity index (χ1) is 8.18. The second kappa shape index (κ2) is 4.58. The van der Waals surface area contributed by atoms with Crippen LogP contribution >= 0.6 is 0 Å². The quantitative estimate of drug-likeness (QED) is 0.438. The number of aromatic hydroxyl groups is 1. The number of methoxy groups -OCH3 is 1. The van der Waals surface area contributed by atoms with E-state index in [0.717, 1.165) is 7.11 Å². The summed E-state index contributed by atoms with van der Waals surface area (Å²) >= 11 is 0. The highest BCUT2D eigenvalue weighted by molar-refractivity contribution is 7.89. The van der Waals surface area contributed by atoms with E-state index in [1.54, 1.807) is 0 Å². The third-order valence-corrected chi connectivity index (χ3v) is 2.89. The van der Waals surface area contributed by atoms with Gasteiger partial charge in [0.15, 0.2) is 0 Å². The predicted octanol–water partition coefficient (Wildman–Crippen LogP) is -0.266.